The van der Waals surface area contributed by atoms with Crippen molar-refractivity contribution in [2.24, 2.45) is 0 Å². The maximum Gasteiger partial charge on any atom is 0.185 e. The largest absolute Gasteiger partial charge is 0.549 e. The Hall–Kier alpha value is -2.73. The van der Waals surface area contributed by atoms with E-state index in [0.29, 0.717) is 22.8 Å². The number of ether oxygens (including phenoxy) is 2. The van der Waals surface area contributed by atoms with Crippen LogP contribution in [0.1, 0.15) is 21.5 Å². The number of ketones is 1. The van der Waals surface area contributed by atoms with Gasteiger partial charge in [0.25, 0.3) is 0 Å². The Balaban J connectivity index is 2.17. The van der Waals surface area contributed by atoms with E-state index in [1.807, 2.05) is 24.3 Å². The standard InChI is InChI=1S/C20H20O5S/c1-24-18-6-4-3-5-14(18)7-9-17(21)15-8-10-19(25-2)16(11-15)12-26-13-20(22)23/h3-11H,12-13H2,1-2H3,(H,22,23)/p-1/b9-7+. The first-order valence-electron chi connectivity index (χ1n) is 7.85. The lowest BCUT2D eigenvalue weighted by atomic mass is 10.1. The van der Waals surface area contributed by atoms with Gasteiger partial charge in [-0.15, -0.1) is 0 Å². The van der Waals surface area contributed by atoms with E-state index in [2.05, 4.69) is 0 Å². The molecule has 0 aliphatic heterocycles. The minimum atomic E-state index is -1.12. The summed E-state index contributed by atoms with van der Waals surface area (Å²) < 4.78 is 10.5. The average molecular weight is 371 g/mol. The molecule has 0 aromatic heterocycles. The second-order valence-electron chi connectivity index (χ2n) is 5.33. The summed E-state index contributed by atoms with van der Waals surface area (Å²) in [5.74, 6) is 0.307. The van der Waals surface area contributed by atoms with Crippen LogP contribution in [-0.2, 0) is 10.5 Å². The van der Waals surface area contributed by atoms with Crippen LogP contribution < -0.4 is 14.6 Å². The number of carboxylic acids is 1. The molecule has 0 bridgehead atoms. The van der Waals surface area contributed by atoms with Gasteiger partial charge in [-0.25, -0.2) is 0 Å². The number of carbonyl (C=O) groups excluding carboxylic acids is 2. The highest BCUT2D eigenvalue weighted by Gasteiger charge is 2.09. The number of methoxy groups -OCH3 is 2. The second-order valence-corrected chi connectivity index (χ2v) is 6.32. The second kappa shape index (κ2) is 9.68. The maximum absolute atomic E-state index is 12.5. The van der Waals surface area contributed by atoms with Crippen LogP contribution in [0.15, 0.2) is 48.5 Å². The number of aliphatic carboxylic acids is 1. The van der Waals surface area contributed by atoms with Crippen LogP contribution in [-0.4, -0.2) is 31.7 Å². The zero-order valence-electron chi connectivity index (χ0n) is 14.6. The van der Waals surface area contributed by atoms with Gasteiger partial charge in [0.15, 0.2) is 5.78 Å². The summed E-state index contributed by atoms with van der Waals surface area (Å²) in [5, 5.41) is 10.6. The molecule has 136 valence electrons. The highest BCUT2D eigenvalue weighted by molar-refractivity contribution is 7.99. The Morgan fingerprint density at radius 3 is 2.50 bits per heavy atom. The Labute approximate surface area is 156 Å². The van der Waals surface area contributed by atoms with Gasteiger partial charge in [0.05, 0.1) is 20.2 Å². The third-order valence-corrected chi connectivity index (χ3v) is 4.55. The van der Waals surface area contributed by atoms with Gasteiger partial charge >= 0.3 is 0 Å². The highest BCUT2D eigenvalue weighted by atomic mass is 32.2. The molecule has 0 amide bonds. The number of benzene rings is 2. The van der Waals surface area contributed by atoms with Gasteiger partial charge in [0, 0.05) is 28.2 Å². The first-order chi connectivity index (χ1) is 12.5. The van der Waals surface area contributed by atoms with Gasteiger partial charge in [-0.3, -0.25) is 4.79 Å². The van der Waals surface area contributed by atoms with Crippen LogP contribution >= 0.6 is 11.8 Å². The molecule has 2 aromatic carbocycles. The molecule has 6 heteroatoms. The molecule has 0 atom stereocenters. The number of rotatable bonds is 9. The van der Waals surface area contributed by atoms with Crippen molar-refractivity contribution in [2.75, 3.05) is 20.0 Å². The Kier molecular flexibility index (Phi) is 7.29. The van der Waals surface area contributed by atoms with Crippen LogP contribution in [0.25, 0.3) is 6.08 Å². The van der Waals surface area contributed by atoms with Gasteiger partial charge in [-0.05, 0) is 36.4 Å². The quantitative estimate of drug-likeness (QED) is 0.498. The molecule has 0 unspecified atom stereocenters. The number of carbonyl (C=O) groups is 2. The molecule has 0 aliphatic carbocycles. The van der Waals surface area contributed by atoms with Gasteiger partial charge in [-0.1, -0.05) is 18.2 Å². The predicted molar refractivity (Wildman–Crippen MR) is 101 cm³/mol. The molecule has 0 fully saturated rings. The van der Waals surface area contributed by atoms with E-state index >= 15 is 0 Å². The van der Waals surface area contributed by atoms with Gasteiger partial charge in [-0.2, -0.15) is 11.8 Å². The molecule has 2 rings (SSSR count). The molecule has 2 aromatic rings. The molecular formula is C20H19O5S-. The summed E-state index contributed by atoms with van der Waals surface area (Å²) in [5.41, 5.74) is 2.07. The van der Waals surface area contributed by atoms with Crippen molar-refractivity contribution < 1.29 is 24.2 Å². The smallest absolute Gasteiger partial charge is 0.185 e. The van der Waals surface area contributed by atoms with Crippen molar-refractivity contribution in [3.63, 3.8) is 0 Å². The molecule has 0 spiro atoms. The Bertz CT molecular complexity index is 814. The molecular weight excluding hydrogens is 352 g/mol. The fraction of sp³-hybridized carbons (Fsp3) is 0.200. The van der Waals surface area contributed by atoms with E-state index < -0.39 is 5.97 Å². The number of hydrogen-bond acceptors (Lipinski definition) is 6. The summed E-state index contributed by atoms with van der Waals surface area (Å²) >= 11 is 1.19. The van der Waals surface area contributed by atoms with Crippen molar-refractivity contribution in [3.8, 4) is 11.5 Å². The Morgan fingerprint density at radius 1 is 1.08 bits per heavy atom. The van der Waals surface area contributed by atoms with Crippen LogP contribution in [0, 0.1) is 0 Å². The van der Waals surface area contributed by atoms with Crippen molar-refractivity contribution in [1.82, 2.24) is 0 Å². The fourth-order valence-electron chi connectivity index (χ4n) is 2.35. The monoisotopic (exact) mass is 371 g/mol. The minimum absolute atomic E-state index is 0.116. The number of thioether (sulfide) groups is 1. The fourth-order valence-corrected chi connectivity index (χ4v) is 3.07. The number of allylic oxidation sites excluding steroid dienone is 1. The summed E-state index contributed by atoms with van der Waals surface area (Å²) in [4.78, 5) is 23.0. The summed E-state index contributed by atoms with van der Waals surface area (Å²) in [6.45, 7) is 0. The highest BCUT2D eigenvalue weighted by Crippen LogP contribution is 2.25. The third-order valence-electron chi connectivity index (χ3n) is 3.60. The lowest BCUT2D eigenvalue weighted by molar-refractivity contribution is -0.301. The number of carboxylic acid groups (broad SMARTS) is 1. The van der Waals surface area contributed by atoms with E-state index in [1.54, 1.807) is 31.4 Å². The van der Waals surface area contributed by atoms with Gasteiger partial charge in [0.1, 0.15) is 11.5 Å². The maximum atomic E-state index is 12.5. The lowest BCUT2D eigenvalue weighted by Gasteiger charge is -2.10. The number of para-hydroxylation sites is 1. The topological polar surface area (TPSA) is 75.7 Å². The van der Waals surface area contributed by atoms with Crippen LogP contribution in [0.4, 0.5) is 0 Å². The Morgan fingerprint density at radius 2 is 1.81 bits per heavy atom. The average Bonchev–Trinajstić information content (AvgIpc) is 2.65. The van der Waals surface area contributed by atoms with E-state index in [1.165, 1.54) is 24.9 Å². The van der Waals surface area contributed by atoms with Gasteiger partial charge in [0.2, 0.25) is 0 Å². The molecule has 0 N–H and O–H groups in total. The lowest BCUT2D eigenvalue weighted by Crippen LogP contribution is -2.24. The SMILES string of the molecule is COc1ccccc1/C=C/C(=O)c1ccc(OC)c(CSCC(=O)[O-])c1. The predicted octanol–water partition coefficient (Wildman–Crippen LogP) is 2.58. The molecule has 0 radical (unpaired) electrons. The van der Waals surface area contributed by atoms with E-state index in [-0.39, 0.29) is 11.5 Å². The summed E-state index contributed by atoms with van der Waals surface area (Å²) in [7, 11) is 3.11. The van der Waals surface area contributed by atoms with Crippen LogP contribution in [0.5, 0.6) is 11.5 Å². The van der Waals surface area contributed by atoms with Crippen LogP contribution in [0.2, 0.25) is 0 Å². The first kappa shape index (κ1) is 19.6. The molecule has 26 heavy (non-hydrogen) atoms. The van der Waals surface area contributed by atoms with Crippen molar-refractivity contribution in [1.29, 1.82) is 0 Å². The first-order valence-corrected chi connectivity index (χ1v) is 9.00. The molecule has 0 heterocycles. The minimum Gasteiger partial charge on any atom is -0.549 e. The van der Waals surface area contributed by atoms with Crippen molar-refractivity contribution in [2.45, 2.75) is 5.75 Å². The zero-order valence-corrected chi connectivity index (χ0v) is 15.4. The van der Waals surface area contributed by atoms with Crippen LogP contribution in [0.3, 0.4) is 0 Å². The van der Waals surface area contributed by atoms with E-state index in [0.717, 1.165) is 11.1 Å². The van der Waals surface area contributed by atoms with Gasteiger partial charge < -0.3 is 19.4 Å². The van der Waals surface area contributed by atoms with E-state index in [4.69, 9.17) is 9.47 Å². The normalized spacial score (nSPS) is 10.7. The summed E-state index contributed by atoms with van der Waals surface area (Å²) in [6.07, 6.45) is 3.19. The molecule has 0 saturated carbocycles. The zero-order chi connectivity index (χ0) is 18.9. The molecule has 0 saturated heterocycles. The van der Waals surface area contributed by atoms with Crippen molar-refractivity contribution >= 4 is 29.6 Å². The third kappa shape index (κ3) is 5.39. The van der Waals surface area contributed by atoms with Crippen molar-refractivity contribution in [3.05, 3.63) is 65.2 Å². The molecule has 5 nitrogen and oxygen atoms in total. The number of hydrogen-bond donors (Lipinski definition) is 0. The molecule has 0 aliphatic rings. The summed E-state index contributed by atoms with van der Waals surface area (Å²) in [6, 6.07) is 12.5. The van der Waals surface area contributed by atoms with E-state index in [9.17, 15) is 14.7 Å².